The number of ketones is 1. The Balaban J connectivity index is 2.22. The zero-order chi connectivity index (χ0) is 20.2. The molecule has 0 aliphatic carbocycles. The molecule has 0 saturated heterocycles. The fourth-order valence-corrected chi connectivity index (χ4v) is 9.90. The van der Waals surface area contributed by atoms with E-state index in [2.05, 4.69) is 62.5 Å². The SMILES string of the molecule is CC(C)[Si](Oc1ccc(C(=O)C(Br)c2ccncc2)cc1)(C(C)C)C(C)C. The lowest BCUT2D eigenvalue weighted by Crippen LogP contribution is -2.50. The number of carbonyl (C=O) groups is 1. The van der Waals surface area contributed by atoms with Crippen LogP contribution in [0.15, 0.2) is 48.8 Å². The van der Waals surface area contributed by atoms with E-state index >= 15 is 0 Å². The van der Waals surface area contributed by atoms with Crippen LogP contribution in [0.1, 0.15) is 62.3 Å². The van der Waals surface area contributed by atoms with Gasteiger partial charge in [-0.15, -0.1) is 0 Å². The molecule has 1 aromatic carbocycles. The minimum atomic E-state index is -1.99. The van der Waals surface area contributed by atoms with Gasteiger partial charge in [-0.2, -0.15) is 0 Å². The molecule has 0 aliphatic rings. The largest absolute Gasteiger partial charge is 0.543 e. The van der Waals surface area contributed by atoms with Gasteiger partial charge in [-0.3, -0.25) is 9.78 Å². The molecule has 5 heteroatoms. The van der Waals surface area contributed by atoms with Gasteiger partial charge in [0.05, 0.1) is 0 Å². The lowest BCUT2D eigenvalue weighted by atomic mass is 10.0. The summed E-state index contributed by atoms with van der Waals surface area (Å²) in [7, 11) is -1.99. The van der Waals surface area contributed by atoms with Crippen LogP contribution in [-0.2, 0) is 0 Å². The predicted molar refractivity (Wildman–Crippen MR) is 118 cm³/mol. The average Bonchev–Trinajstić information content (AvgIpc) is 2.65. The third kappa shape index (κ3) is 4.69. The Hall–Kier alpha value is -1.46. The smallest absolute Gasteiger partial charge is 0.258 e. The number of rotatable bonds is 8. The Morgan fingerprint density at radius 2 is 1.37 bits per heavy atom. The number of hydrogen-bond acceptors (Lipinski definition) is 3. The molecule has 1 aromatic heterocycles. The molecule has 0 aliphatic heterocycles. The monoisotopic (exact) mass is 447 g/mol. The van der Waals surface area contributed by atoms with E-state index in [-0.39, 0.29) is 10.6 Å². The Bertz CT molecular complexity index is 723. The van der Waals surface area contributed by atoms with Crippen molar-refractivity contribution >= 4 is 30.0 Å². The van der Waals surface area contributed by atoms with Crippen molar-refractivity contribution in [2.75, 3.05) is 0 Å². The van der Waals surface area contributed by atoms with Gasteiger partial charge in [-0.1, -0.05) is 57.5 Å². The highest BCUT2D eigenvalue weighted by molar-refractivity contribution is 9.09. The highest BCUT2D eigenvalue weighted by Crippen LogP contribution is 2.42. The summed E-state index contributed by atoms with van der Waals surface area (Å²) in [5.74, 6) is 0.900. The quantitative estimate of drug-likeness (QED) is 0.249. The van der Waals surface area contributed by atoms with Crippen LogP contribution in [0.2, 0.25) is 16.6 Å². The van der Waals surface area contributed by atoms with Crippen molar-refractivity contribution in [2.24, 2.45) is 0 Å². The molecule has 0 radical (unpaired) electrons. The second-order valence-corrected chi connectivity index (χ2v) is 14.2. The van der Waals surface area contributed by atoms with Crippen LogP contribution in [-0.4, -0.2) is 19.1 Å². The van der Waals surface area contributed by atoms with E-state index in [1.807, 2.05) is 36.4 Å². The number of aromatic nitrogens is 1. The third-order valence-electron chi connectivity index (χ3n) is 5.37. The number of halogens is 1. The summed E-state index contributed by atoms with van der Waals surface area (Å²) in [5, 5.41) is 0. The van der Waals surface area contributed by atoms with Crippen molar-refractivity contribution in [1.29, 1.82) is 0 Å². The van der Waals surface area contributed by atoms with Gasteiger partial charge < -0.3 is 4.43 Å². The van der Waals surface area contributed by atoms with Crippen molar-refractivity contribution in [1.82, 2.24) is 4.98 Å². The van der Waals surface area contributed by atoms with Crippen molar-refractivity contribution < 1.29 is 9.22 Å². The number of alkyl halides is 1. The molecule has 146 valence electrons. The highest BCUT2D eigenvalue weighted by atomic mass is 79.9. The van der Waals surface area contributed by atoms with Gasteiger partial charge in [0.15, 0.2) is 5.78 Å². The predicted octanol–water partition coefficient (Wildman–Crippen LogP) is 6.95. The molecule has 0 fully saturated rings. The van der Waals surface area contributed by atoms with E-state index in [0.717, 1.165) is 11.3 Å². The van der Waals surface area contributed by atoms with E-state index in [4.69, 9.17) is 4.43 Å². The molecule has 0 bridgehead atoms. The summed E-state index contributed by atoms with van der Waals surface area (Å²) in [6.45, 7) is 13.6. The zero-order valence-corrected chi connectivity index (χ0v) is 19.7. The molecule has 27 heavy (non-hydrogen) atoms. The number of hydrogen-bond donors (Lipinski definition) is 0. The second-order valence-electron chi connectivity index (χ2n) is 7.95. The maximum absolute atomic E-state index is 12.8. The summed E-state index contributed by atoms with van der Waals surface area (Å²) in [6.07, 6.45) is 3.39. The van der Waals surface area contributed by atoms with Crippen LogP contribution in [0.25, 0.3) is 0 Å². The Labute approximate surface area is 172 Å². The average molecular weight is 448 g/mol. The first-order valence-electron chi connectivity index (χ1n) is 9.57. The molecule has 3 nitrogen and oxygen atoms in total. The number of benzene rings is 1. The van der Waals surface area contributed by atoms with E-state index < -0.39 is 8.32 Å². The normalized spacial score (nSPS) is 13.3. The van der Waals surface area contributed by atoms with Crippen LogP contribution in [0.3, 0.4) is 0 Å². The van der Waals surface area contributed by atoms with E-state index in [1.54, 1.807) is 12.4 Å². The molecule has 1 heterocycles. The van der Waals surface area contributed by atoms with Gasteiger partial charge in [0, 0.05) is 18.0 Å². The van der Waals surface area contributed by atoms with Gasteiger partial charge in [0.1, 0.15) is 10.6 Å². The molecular formula is C22H30BrNO2Si. The van der Waals surface area contributed by atoms with Crippen LogP contribution < -0.4 is 4.43 Å². The number of nitrogens with zero attached hydrogens (tertiary/aromatic N) is 1. The molecule has 1 unspecified atom stereocenters. The number of carbonyl (C=O) groups excluding carboxylic acids is 1. The fourth-order valence-electron chi connectivity index (χ4n) is 4.08. The molecule has 0 saturated carbocycles. The van der Waals surface area contributed by atoms with Crippen LogP contribution in [0, 0.1) is 0 Å². The highest BCUT2D eigenvalue weighted by Gasteiger charge is 2.46. The molecule has 0 spiro atoms. The van der Waals surface area contributed by atoms with Gasteiger partial charge >= 0.3 is 0 Å². The molecule has 0 amide bonds. The van der Waals surface area contributed by atoms with Gasteiger partial charge in [-0.05, 0) is 58.6 Å². The van der Waals surface area contributed by atoms with Crippen LogP contribution >= 0.6 is 15.9 Å². The first kappa shape index (κ1) is 21.8. The van der Waals surface area contributed by atoms with Crippen LogP contribution in [0.4, 0.5) is 0 Å². The first-order valence-corrected chi connectivity index (χ1v) is 12.6. The maximum Gasteiger partial charge on any atom is 0.258 e. The van der Waals surface area contributed by atoms with Gasteiger partial charge in [0.25, 0.3) is 8.32 Å². The minimum Gasteiger partial charge on any atom is -0.543 e. The Morgan fingerprint density at radius 3 is 1.81 bits per heavy atom. The molecule has 1 atom stereocenters. The Morgan fingerprint density at radius 1 is 0.889 bits per heavy atom. The van der Waals surface area contributed by atoms with Gasteiger partial charge in [0.2, 0.25) is 0 Å². The van der Waals surface area contributed by atoms with E-state index in [0.29, 0.717) is 22.2 Å². The topological polar surface area (TPSA) is 39.2 Å². The van der Waals surface area contributed by atoms with Gasteiger partial charge in [-0.25, -0.2) is 0 Å². The lowest BCUT2D eigenvalue weighted by Gasteiger charge is -2.42. The lowest BCUT2D eigenvalue weighted by molar-refractivity contribution is 0.0991. The minimum absolute atomic E-state index is 0.0350. The van der Waals surface area contributed by atoms with Crippen molar-refractivity contribution in [2.45, 2.75) is 63.0 Å². The summed E-state index contributed by atoms with van der Waals surface area (Å²) in [4.78, 5) is 16.4. The van der Waals surface area contributed by atoms with Crippen molar-refractivity contribution in [3.05, 3.63) is 59.9 Å². The standard InChI is InChI=1S/C22H30BrNO2Si/c1-15(2)27(16(3)4,17(5)6)26-20-9-7-19(8-10-20)22(25)21(23)18-11-13-24-14-12-18/h7-17,21H,1-6H3. The number of Topliss-reactive ketones (excluding diaryl/α,β-unsaturated/α-hetero) is 1. The Kier molecular flexibility index (Phi) is 7.40. The third-order valence-corrected chi connectivity index (χ3v) is 12.3. The summed E-state index contributed by atoms with van der Waals surface area (Å²) in [5.41, 5.74) is 3.11. The number of pyridine rings is 1. The summed E-state index contributed by atoms with van der Waals surface area (Å²) < 4.78 is 6.67. The summed E-state index contributed by atoms with van der Waals surface area (Å²) >= 11 is 3.51. The van der Waals surface area contributed by atoms with Crippen LogP contribution in [0.5, 0.6) is 5.75 Å². The van der Waals surface area contributed by atoms with Crippen molar-refractivity contribution in [3.63, 3.8) is 0 Å². The molecule has 0 N–H and O–H groups in total. The maximum atomic E-state index is 12.8. The molecule has 2 aromatic rings. The van der Waals surface area contributed by atoms with E-state index in [1.165, 1.54) is 0 Å². The zero-order valence-electron chi connectivity index (χ0n) is 17.1. The molecular weight excluding hydrogens is 418 g/mol. The fraction of sp³-hybridized carbons (Fsp3) is 0.455. The molecule has 2 rings (SSSR count). The van der Waals surface area contributed by atoms with Crippen molar-refractivity contribution in [3.8, 4) is 5.75 Å². The second kappa shape index (κ2) is 9.15. The van der Waals surface area contributed by atoms with E-state index in [9.17, 15) is 4.79 Å². The first-order chi connectivity index (χ1) is 12.7. The summed E-state index contributed by atoms with van der Waals surface area (Å²) in [6, 6.07) is 11.3.